The van der Waals surface area contributed by atoms with Crippen LogP contribution in [0, 0.1) is 23.8 Å². The number of hydrogen-bond donors (Lipinski definition) is 1. The first-order valence-corrected chi connectivity index (χ1v) is 7.47. The zero-order valence-corrected chi connectivity index (χ0v) is 14.0. The van der Waals surface area contributed by atoms with Crippen molar-refractivity contribution in [2.45, 2.75) is 0 Å². The molecule has 0 atom stereocenters. The van der Waals surface area contributed by atoms with E-state index in [4.69, 9.17) is 0 Å². The second-order valence-electron chi connectivity index (χ2n) is 4.51. The molecular formula is C14H9IN4O5. The van der Waals surface area contributed by atoms with Crippen LogP contribution in [-0.4, -0.2) is 22.0 Å². The number of hydrogen-bond acceptors (Lipinski definition) is 6. The molecule has 122 valence electrons. The number of benzene rings is 2. The summed E-state index contributed by atoms with van der Waals surface area (Å²) in [6, 6.07) is 9.98. The van der Waals surface area contributed by atoms with E-state index in [1.165, 1.54) is 6.21 Å². The summed E-state index contributed by atoms with van der Waals surface area (Å²) in [4.78, 5) is 32.0. The van der Waals surface area contributed by atoms with E-state index in [1.807, 2.05) is 18.2 Å². The monoisotopic (exact) mass is 440 g/mol. The molecule has 0 radical (unpaired) electrons. The average Bonchev–Trinajstić information content (AvgIpc) is 2.54. The zero-order valence-electron chi connectivity index (χ0n) is 11.9. The summed E-state index contributed by atoms with van der Waals surface area (Å²) >= 11 is 2.12. The highest BCUT2D eigenvalue weighted by Gasteiger charge is 2.19. The smallest absolute Gasteiger partial charge is 0.267 e. The molecular weight excluding hydrogens is 431 g/mol. The number of nitro benzene ring substituents is 2. The van der Waals surface area contributed by atoms with Crippen molar-refractivity contribution in [3.63, 3.8) is 0 Å². The Kier molecular flexibility index (Phi) is 5.52. The van der Waals surface area contributed by atoms with Crippen LogP contribution >= 0.6 is 22.6 Å². The minimum Gasteiger partial charge on any atom is -0.267 e. The Hall–Kier alpha value is -2.89. The van der Waals surface area contributed by atoms with Crippen molar-refractivity contribution >= 4 is 46.1 Å². The number of rotatable bonds is 5. The fourth-order valence-corrected chi connectivity index (χ4v) is 2.32. The highest BCUT2D eigenvalue weighted by atomic mass is 127. The average molecular weight is 440 g/mol. The molecule has 0 spiro atoms. The SMILES string of the molecule is O=C(N/N=C\c1cccc(I)c1)c1cc([N+](=O)[O-])cc([N+](=O)[O-])c1. The number of halogens is 1. The highest BCUT2D eigenvalue weighted by Crippen LogP contribution is 2.22. The zero-order chi connectivity index (χ0) is 17.7. The van der Waals surface area contributed by atoms with Crippen molar-refractivity contribution in [3.05, 3.63) is 77.4 Å². The van der Waals surface area contributed by atoms with Gasteiger partial charge in [0.15, 0.2) is 0 Å². The molecule has 0 aliphatic carbocycles. The van der Waals surface area contributed by atoms with Crippen LogP contribution < -0.4 is 5.43 Å². The van der Waals surface area contributed by atoms with Crippen LogP contribution in [-0.2, 0) is 0 Å². The van der Waals surface area contributed by atoms with E-state index >= 15 is 0 Å². The summed E-state index contributed by atoms with van der Waals surface area (Å²) in [5.74, 6) is -0.788. The summed E-state index contributed by atoms with van der Waals surface area (Å²) < 4.78 is 0.984. The van der Waals surface area contributed by atoms with Gasteiger partial charge in [-0.15, -0.1) is 0 Å². The van der Waals surface area contributed by atoms with Gasteiger partial charge in [0, 0.05) is 15.7 Å². The lowest BCUT2D eigenvalue weighted by atomic mass is 10.1. The van der Waals surface area contributed by atoms with Crippen LogP contribution in [0.25, 0.3) is 0 Å². The third-order valence-corrected chi connectivity index (χ3v) is 3.49. The Morgan fingerprint density at radius 2 is 1.71 bits per heavy atom. The molecule has 1 amide bonds. The predicted molar refractivity (Wildman–Crippen MR) is 94.0 cm³/mol. The number of nitro groups is 2. The van der Waals surface area contributed by atoms with Crippen LogP contribution in [0.1, 0.15) is 15.9 Å². The van der Waals surface area contributed by atoms with Crippen molar-refractivity contribution in [2.75, 3.05) is 0 Å². The minimum absolute atomic E-state index is 0.226. The lowest BCUT2D eigenvalue weighted by molar-refractivity contribution is -0.394. The maximum atomic E-state index is 12.0. The molecule has 2 aromatic rings. The Labute approximate surface area is 148 Å². The van der Waals surface area contributed by atoms with Gasteiger partial charge in [-0.1, -0.05) is 12.1 Å². The number of carbonyl (C=O) groups excluding carboxylic acids is 1. The molecule has 24 heavy (non-hydrogen) atoms. The molecule has 0 fully saturated rings. The second kappa shape index (κ2) is 7.59. The summed E-state index contributed by atoms with van der Waals surface area (Å²) in [5, 5.41) is 25.3. The number of carbonyl (C=O) groups is 1. The summed E-state index contributed by atoms with van der Waals surface area (Å²) in [6.07, 6.45) is 1.39. The van der Waals surface area contributed by atoms with E-state index in [0.29, 0.717) is 0 Å². The first kappa shape index (κ1) is 17.5. The lowest BCUT2D eigenvalue weighted by Gasteiger charge is -2.01. The van der Waals surface area contributed by atoms with Gasteiger partial charge in [-0.2, -0.15) is 5.10 Å². The van der Waals surface area contributed by atoms with Gasteiger partial charge in [0.2, 0.25) is 0 Å². The molecule has 2 aromatic carbocycles. The molecule has 0 heterocycles. The number of amides is 1. The van der Waals surface area contributed by atoms with Gasteiger partial charge in [0.05, 0.1) is 27.7 Å². The van der Waals surface area contributed by atoms with Crippen molar-refractivity contribution < 1.29 is 14.6 Å². The van der Waals surface area contributed by atoms with Crippen molar-refractivity contribution in [1.82, 2.24) is 5.43 Å². The molecule has 0 unspecified atom stereocenters. The molecule has 1 N–H and O–H groups in total. The molecule has 0 aliphatic heterocycles. The van der Waals surface area contributed by atoms with Gasteiger partial charge in [-0.05, 0) is 40.3 Å². The third kappa shape index (κ3) is 4.55. The molecule has 0 aliphatic rings. The van der Waals surface area contributed by atoms with Gasteiger partial charge < -0.3 is 0 Å². The van der Waals surface area contributed by atoms with Gasteiger partial charge in [0.25, 0.3) is 17.3 Å². The molecule has 0 aromatic heterocycles. The fourth-order valence-electron chi connectivity index (χ4n) is 1.75. The van der Waals surface area contributed by atoms with Gasteiger partial charge in [-0.3, -0.25) is 25.0 Å². The fraction of sp³-hybridized carbons (Fsp3) is 0. The first-order chi connectivity index (χ1) is 11.4. The molecule has 0 saturated heterocycles. The van der Waals surface area contributed by atoms with Crippen LogP contribution in [0.3, 0.4) is 0 Å². The number of hydrazone groups is 1. The van der Waals surface area contributed by atoms with Crippen molar-refractivity contribution in [2.24, 2.45) is 5.10 Å². The Bertz CT molecular complexity index is 821. The van der Waals surface area contributed by atoms with Gasteiger partial charge >= 0.3 is 0 Å². The Balaban J connectivity index is 2.20. The maximum Gasteiger partial charge on any atom is 0.277 e. The second-order valence-corrected chi connectivity index (χ2v) is 5.75. The standard InChI is InChI=1S/C14H9IN4O5/c15-11-3-1-2-9(4-11)8-16-17-14(20)10-5-12(18(21)22)7-13(6-10)19(23)24/h1-8H,(H,17,20)/b16-8-. The lowest BCUT2D eigenvalue weighted by Crippen LogP contribution is -2.18. The van der Waals surface area contributed by atoms with E-state index in [0.717, 1.165) is 27.3 Å². The Morgan fingerprint density at radius 1 is 1.08 bits per heavy atom. The van der Waals surface area contributed by atoms with Crippen LogP contribution in [0.4, 0.5) is 11.4 Å². The van der Waals surface area contributed by atoms with Crippen LogP contribution in [0.15, 0.2) is 47.6 Å². The largest absolute Gasteiger partial charge is 0.277 e. The van der Waals surface area contributed by atoms with E-state index < -0.39 is 27.1 Å². The molecule has 2 rings (SSSR count). The normalized spacial score (nSPS) is 10.5. The van der Waals surface area contributed by atoms with E-state index in [9.17, 15) is 25.0 Å². The van der Waals surface area contributed by atoms with Crippen molar-refractivity contribution in [3.8, 4) is 0 Å². The number of nitrogens with one attached hydrogen (secondary N) is 1. The number of non-ortho nitro benzene ring substituents is 2. The van der Waals surface area contributed by atoms with Crippen LogP contribution in [0.2, 0.25) is 0 Å². The molecule has 0 bridgehead atoms. The molecule has 9 nitrogen and oxygen atoms in total. The van der Waals surface area contributed by atoms with Gasteiger partial charge in [0.1, 0.15) is 0 Å². The predicted octanol–water partition coefficient (Wildman–Crippen LogP) is 2.87. The number of nitrogens with zero attached hydrogens (tertiary/aromatic N) is 3. The summed E-state index contributed by atoms with van der Waals surface area (Å²) in [6.45, 7) is 0. The Morgan fingerprint density at radius 3 is 2.25 bits per heavy atom. The topological polar surface area (TPSA) is 128 Å². The van der Waals surface area contributed by atoms with E-state index in [1.54, 1.807) is 6.07 Å². The molecule has 0 saturated carbocycles. The molecule has 10 heteroatoms. The van der Waals surface area contributed by atoms with Gasteiger partial charge in [-0.25, -0.2) is 5.43 Å². The summed E-state index contributed by atoms with van der Waals surface area (Å²) in [7, 11) is 0. The maximum absolute atomic E-state index is 12.0. The van der Waals surface area contributed by atoms with Crippen LogP contribution in [0.5, 0.6) is 0 Å². The van der Waals surface area contributed by atoms with Crippen molar-refractivity contribution in [1.29, 1.82) is 0 Å². The van der Waals surface area contributed by atoms with E-state index in [-0.39, 0.29) is 5.56 Å². The van der Waals surface area contributed by atoms with E-state index in [2.05, 4.69) is 33.1 Å². The summed E-state index contributed by atoms with van der Waals surface area (Å²) in [5.41, 5.74) is 1.61. The first-order valence-electron chi connectivity index (χ1n) is 6.39. The quantitative estimate of drug-likeness (QED) is 0.331. The minimum atomic E-state index is -0.807. The third-order valence-electron chi connectivity index (χ3n) is 2.81. The highest BCUT2D eigenvalue weighted by molar-refractivity contribution is 14.1.